The predicted molar refractivity (Wildman–Crippen MR) is 76.9 cm³/mol. The summed E-state index contributed by atoms with van der Waals surface area (Å²) in [5.74, 6) is -0.692. The summed E-state index contributed by atoms with van der Waals surface area (Å²) in [6.07, 6.45) is -5.41. The Morgan fingerprint density at radius 1 is 1.24 bits per heavy atom. The first-order valence-electron chi connectivity index (χ1n) is 7.53. The Hall–Kier alpha value is -2.78. The second kappa shape index (κ2) is 4.87. The molecular formula is C15H12F3N3O4. The van der Waals surface area contributed by atoms with Crippen LogP contribution in [-0.4, -0.2) is 57.6 Å². The quantitative estimate of drug-likeness (QED) is 0.781. The molecule has 0 radical (unpaired) electrons. The highest BCUT2D eigenvalue weighted by Crippen LogP contribution is 2.42. The number of amides is 4. The highest BCUT2D eigenvalue weighted by Gasteiger charge is 2.63. The van der Waals surface area contributed by atoms with Crippen molar-refractivity contribution in [3.05, 3.63) is 29.8 Å². The standard InChI is InChI=1S/C15H12F3N3O4/c16-15(17,18)7-2-1-3-8(4-7)21-12(22)11-10-5-9(20(11)13(21)23)6-19(10)14(24)25/h1-4,9-11H,5-6H2,(H,24,25)/t9-,10-,11+/m0/s1. The zero-order valence-electron chi connectivity index (χ0n) is 12.6. The average Bonchev–Trinajstić information content (AvgIpc) is 3.18. The zero-order chi connectivity index (χ0) is 18.1. The molecule has 3 saturated heterocycles. The summed E-state index contributed by atoms with van der Waals surface area (Å²) in [5.41, 5.74) is -1.13. The van der Waals surface area contributed by atoms with E-state index in [0.717, 1.165) is 23.1 Å². The van der Waals surface area contributed by atoms with Crippen LogP contribution in [-0.2, 0) is 11.0 Å². The van der Waals surface area contributed by atoms with Gasteiger partial charge in [0, 0.05) is 6.54 Å². The van der Waals surface area contributed by atoms with E-state index in [0.29, 0.717) is 11.3 Å². The molecule has 132 valence electrons. The smallest absolute Gasteiger partial charge is 0.416 e. The zero-order valence-corrected chi connectivity index (χ0v) is 12.6. The molecule has 0 unspecified atom stereocenters. The molecule has 0 spiro atoms. The third-order valence-corrected chi connectivity index (χ3v) is 4.94. The molecule has 0 aliphatic carbocycles. The van der Waals surface area contributed by atoms with Crippen molar-refractivity contribution in [3.8, 4) is 0 Å². The Morgan fingerprint density at radius 2 is 1.96 bits per heavy atom. The minimum Gasteiger partial charge on any atom is -0.465 e. The van der Waals surface area contributed by atoms with Gasteiger partial charge in [-0.25, -0.2) is 14.5 Å². The molecular weight excluding hydrogens is 343 g/mol. The number of carboxylic acid groups (broad SMARTS) is 1. The van der Waals surface area contributed by atoms with E-state index in [-0.39, 0.29) is 12.2 Å². The van der Waals surface area contributed by atoms with Gasteiger partial charge in [0.1, 0.15) is 6.04 Å². The number of hydrogen-bond acceptors (Lipinski definition) is 3. The number of rotatable bonds is 1. The van der Waals surface area contributed by atoms with E-state index in [4.69, 9.17) is 0 Å². The lowest BCUT2D eigenvalue weighted by atomic mass is 10.1. The summed E-state index contributed by atoms with van der Waals surface area (Å²) in [6, 6.07) is 1.21. The molecule has 4 rings (SSSR count). The Balaban J connectivity index is 1.70. The van der Waals surface area contributed by atoms with E-state index in [9.17, 15) is 32.7 Å². The van der Waals surface area contributed by atoms with Gasteiger partial charge in [0.2, 0.25) is 0 Å². The molecule has 3 aliphatic rings. The summed E-state index contributed by atoms with van der Waals surface area (Å²) in [7, 11) is 0. The van der Waals surface area contributed by atoms with Crippen molar-refractivity contribution in [1.29, 1.82) is 0 Å². The van der Waals surface area contributed by atoms with Crippen LogP contribution in [0.5, 0.6) is 0 Å². The van der Waals surface area contributed by atoms with Crippen molar-refractivity contribution >= 4 is 23.7 Å². The number of carbonyl (C=O) groups is 3. The van der Waals surface area contributed by atoms with Crippen molar-refractivity contribution in [2.45, 2.75) is 30.7 Å². The molecule has 10 heteroatoms. The van der Waals surface area contributed by atoms with E-state index in [1.807, 2.05) is 0 Å². The number of benzene rings is 1. The third kappa shape index (κ3) is 2.09. The predicted octanol–water partition coefficient (Wildman–Crippen LogP) is 1.98. The van der Waals surface area contributed by atoms with Crippen molar-refractivity contribution in [3.63, 3.8) is 0 Å². The second-order valence-corrected chi connectivity index (χ2v) is 6.25. The molecule has 3 heterocycles. The number of likely N-dealkylation sites (tertiary alicyclic amines) is 1. The average molecular weight is 355 g/mol. The van der Waals surface area contributed by atoms with Crippen LogP contribution >= 0.6 is 0 Å². The third-order valence-electron chi connectivity index (χ3n) is 4.94. The lowest BCUT2D eigenvalue weighted by Crippen LogP contribution is -2.54. The minimum atomic E-state index is -4.60. The second-order valence-electron chi connectivity index (χ2n) is 6.25. The first-order valence-corrected chi connectivity index (χ1v) is 7.53. The molecule has 3 atom stereocenters. The Bertz CT molecular complexity index is 796. The number of hydrogen-bond donors (Lipinski definition) is 1. The molecule has 1 N–H and O–H groups in total. The van der Waals surface area contributed by atoms with Crippen molar-refractivity contribution in [2.24, 2.45) is 0 Å². The van der Waals surface area contributed by atoms with E-state index >= 15 is 0 Å². The largest absolute Gasteiger partial charge is 0.465 e. The number of carbonyl (C=O) groups excluding carboxylic acids is 2. The fraction of sp³-hybridized carbons (Fsp3) is 0.400. The lowest BCUT2D eigenvalue weighted by molar-refractivity contribution is -0.137. The number of anilines is 1. The fourth-order valence-corrected chi connectivity index (χ4v) is 3.94. The highest BCUT2D eigenvalue weighted by atomic mass is 19.4. The number of urea groups is 1. The van der Waals surface area contributed by atoms with Crippen LogP contribution in [0.25, 0.3) is 0 Å². The molecule has 7 nitrogen and oxygen atoms in total. The molecule has 1 aromatic carbocycles. The number of nitrogens with zero attached hydrogens (tertiary/aromatic N) is 3. The maximum atomic E-state index is 12.9. The van der Waals surface area contributed by atoms with Crippen LogP contribution in [0, 0.1) is 0 Å². The molecule has 25 heavy (non-hydrogen) atoms. The summed E-state index contributed by atoms with van der Waals surface area (Å²) in [4.78, 5) is 39.7. The summed E-state index contributed by atoms with van der Waals surface area (Å²) in [5, 5.41) is 9.19. The lowest BCUT2D eigenvalue weighted by Gasteiger charge is -2.32. The van der Waals surface area contributed by atoms with E-state index < -0.39 is 47.9 Å². The Morgan fingerprint density at radius 3 is 2.60 bits per heavy atom. The van der Waals surface area contributed by atoms with Gasteiger partial charge in [0.05, 0.1) is 23.3 Å². The van der Waals surface area contributed by atoms with Crippen LogP contribution in [0.3, 0.4) is 0 Å². The monoisotopic (exact) mass is 355 g/mol. The number of fused-ring (bicyclic) bond motifs is 5. The fourth-order valence-electron chi connectivity index (χ4n) is 3.94. The molecule has 3 fully saturated rings. The van der Waals surface area contributed by atoms with Crippen LogP contribution in [0.2, 0.25) is 0 Å². The maximum Gasteiger partial charge on any atom is 0.416 e. The van der Waals surface area contributed by atoms with Gasteiger partial charge in [-0.2, -0.15) is 13.2 Å². The van der Waals surface area contributed by atoms with Gasteiger partial charge in [-0.3, -0.25) is 4.79 Å². The first-order chi connectivity index (χ1) is 11.7. The Kier molecular flexibility index (Phi) is 3.06. The molecule has 3 aliphatic heterocycles. The van der Waals surface area contributed by atoms with Gasteiger partial charge in [0.25, 0.3) is 5.91 Å². The van der Waals surface area contributed by atoms with Crippen molar-refractivity contribution in [1.82, 2.24) is 9.80 Å². The van der Waals surface area contributed by atoms with Crippen molar-refractivity contribution < 1.29 is 32.7 Å². The summed E-state index contributed by atoms with van der Waals surface area (Å²) in [6.45, 7) is 0.103. The van der Waals surface area contributed by atoms with Crippen LogP contribution in [0.4, 0.5) is 28.4 Å². The van der Waals surface area contributed by atoms with Crippen LogP contribution < -0.4 is 4.90 Å². The van der Waals surface area contributed by atoms with Gasteiger partial charge in [-0.15, -0.1) is 0 Å². The normalized spacial score (nSPS) is 28.1. The highest BCUT2D eigenvalue weighted by molar-refractivity contribution is 6.22. The van der Waals surface area contributed by atoms with E-state index in [2.05, 4.69) is 0 Å². The summed E-state index contributed by atoms with van der Waals surface area (Å²) < 4.78 is 38.6. The van der Waals surface area contributed by atoms with E-state index in [1.54, 1.807) is 0 Å². The molecule has 0 aromatic heterocycles. The molecule has 4 amide bonds. The van der Waals surface area contributed by atoms with Gasteiger partial charge in [-0.1, -0.05) is 6.07 Å². The van der Waals surface area contributed by atoms with Crippen LogP contribution in [0.1, 0.15) is 12.0 Å². The first kappa shape index (κ1) is 15.7. The number of alkyl halides is 3. The van der Waals surface area contributed by atoms with E-state index in [1.165, 1.54) is 11.0 Å². The maximum absolute atomic E-state index is 12.9. The minimum absolute atomic E-state index is 0.103. The van der Waals surface area contributed by atoms with Crippen molar-refractivity contribution in [2.75, 3.05) is 11.4 Å². The SMILES string of the molecule is O=C1[C@H]2[C@@H]3C[C@@H](CN3C(=O)O)N2C(=O)N1c1cccc(C(F)(F)F)c1. The number of imide groups is 1. The summed E-state index contributed by atoms with van der Waals surface area (Å²) >= 11 is 0. The molecule has 1 aromatic rings. The number of piperazine rings is 1. The Labute approximate surface area is 139 Å². The van der Waals surface area contributed by atoms with Gasteiger partial charge >= 0.3 is 18.3 Å². The van der Waals surface area contributed by atoms with Gasteiger partial charge < -0.3 is 14.9 Å². The van der Waals surface area contributed by atoms with Gasteiger partial charge in [0.15, 0.2) is 0 Å². The number of halogens is 3. The molecule has 2 bridgehead atoms. The van der Waals surface area contributed by atoms with Crippen LogP contribution in [0.15, 0.2) is 24.3 Å². The molecule has 0 saturated carbocycles. The van der Waals surface area contributed by atoms with Gasteiger partial charge in [-0.05, 0) is 24.6 Å². The topological polar surface area (TPSA) is 81.2 Å².